The summed E-state index contributed by atoms with van der Waals surface area (Å²) in [6.45, 7) is 2.53. The van der Waals surface area contributed by atoms with Gasteiger partial charge in [0.2, 0.25) is 17.7 Å². The van der Waals surface area contributed by atoms with Crippen LogP contribution in [0.4, 0.5) is 0 Å². The zero-order valence-electron chi connectivity index (χ0n) is 12.3. The number of hydrogen-bond donors (Lipinski definition) is 3. The summed E-state index contributed by atoms with van der Waals surface area (Å²) < 4.78 is 3.11. The van der Waals surface area contributed by atoms with Crippen molar-refractivity contribution in [1.29, 1.82) is 0 Å². The van der Waals surface area contributed by atoms with Crippen molar-refractivity contribution < 1.29 is 14.4 Å². The molecule has 6 nitrogen and oxygen atoms in total. The fourth-order valence-electron chi connectivity index (χ4n) is 2.00. The predicted molar refractivity (Wildman–Crippen MR) is 84.0 cm³/mol. The third kappa shape index (κ3) is 5.16. The molecule has 0 spiro atoms. The molecule has 1 aliphatic rings. The summed E-state index contributed by atoms with van der Waals surface area (Å²) >= 11 is 1.46. The molecule has 0 bridgehead atoms. The average Bonchev–Trinajstić information content (AvgIpc) is 2.48. The van der Waals surface area contributed by atoms with Crippen LogP contribution in [0.2, 0.25) is 0 Å². The number of carbonyl (C=O) groups excluding carboxylic acids is 3. The summed E-state index contributed by atoms with van der Waals surface area (Å²) in [5, 5.41) is 4.86. The molecule has 22 heavy (non-hydrogen) atoms. The van der Waals surface area contributed by atoms with Gasteiger partial charge in [-0.3, -0.25) is 24.4 Å². The molecule has 0 radical (unpaired) electrons. The van der Waals surface area contributed by atoms with E-state index in [0.29, 0.717) is 13.0 Å². The van der Waals surface area contributed by atoms with E-state index in [2.05, 4.69) is 15.4 Å². The zero-order chi connectivity index (χ0) is 15.9. The summed E-state index contributed by atoms with van der Waals surface area (Å²) in [5.74, 6) is -0.912. The number of nitrogens with one attached hydrogen (secondary N) is 3. The molecule has 1 unspecified atom stereocenters. The van der Waals surface area contributed by atoms with Crippen molar-refractivity contribution in [1.82, 2.24) is 15.4 Å². The minimum atomic E-state index is -0.602. The maximum absolute atomic E-state index is 11.8. The molecule has 0 aromatic heterocycles. The van der Waals surface area contributed by atoms with Crippen LogP contribution in [-0.4, -0.2) is 30.3 Å². The van der Waals surface area contributed by atoms with Crippen LogP contribution in [0.5, 0.6) is 0 Å². The van der Waals surface area contributed by atoms with E-state index in [0.717, 1.165) is 4.90 Å². The summed E-state index contributed by atoms with van der Waals surface area (Å²) in [6.07, 6.45) is 0.900. The van der Waals surface area contributed by atoms with E-state index in [1.807, 2.05) is 31.2 Å². The first kappa shape index (κ1) is 16.5. The smallest absolute Gasteiger partial charge is 0.249 e. The van der Waals surface area contributed by atoms with E-state index in [9.17, 15) is 14.4 Å². The van der Waals surface area contributed by atoms with E-state index in [1.165, 1.54) is 17.5 Å². The highest BCUT2D eigenvalue weighted by atomic mass is 32.2. The third-order valence-corrected chi connectivity index (χ3v) is 4.10. The fraction of sp³-hybridized carbons (Fsp3) is 0.400. The lowest BCUT2D eigenvalue weighted by Crippen LogP contribution is -2.52. The second-order valence-corrected chi connectivity index (χ2v) is 6.09. The number of piperidine rings is 1. The van der Waals surface area contributed by atoms with Crippen molar-refractivity contribution in [2.45, 2.75) is 37.1 Å². The van der Waals surface area contributed by atoms with E-state index < -0.39 is 11.9 Å². The molecule has 1 heterocycles. The molecule has 1 aromatic carbocycles. The summed E-state index contributed by atoms with van der Waals surface area (Å²) in [4.78, 5) is 35.4. The van der Waals surface area contributed by atoms with Crippen molar-refractivity contribution in [3.05, 3.63) is 29.8 Å². The van der Waals surface area contributed by atoms with Gasteiger partial charge in [-0.1, -0.05) is 17.7 Å². The minimum absolute atomic E-state index is 0.202. The van der Waals surface area contributed by atoms with Gasteiger partial charge in [-0.2, -0.15) is 0 Å². The van der Waals surface area contributed by atoms with E-state index >= 15 is 0 Å². The first-order valence-electron chi connectivity index (χ1n) is 7.14. The van der Waals surface area contributed by atoms with E-state index in [-0.39, 0.29) is 24.7 Å². The van der Waals surface area contributed by atoms with Crippen LogP contribution in [0.25, 0.3) is 0 Å². The molecule has 0 aliphatic carbocycles. The molecule has 0 saturated carbocycles. The van der Waals surface area contributed by atoms with Gasteiger partial charge in [0, 0.05) is 24.3 Å². The van der Waals surface area contributed by atoms with Gasteiger partial charge >= 0.3 is 0 Å². The zero-order valence-corrected chi connectivity index (χ0v) is 13.2. The van der Waals surface area contributed by atoms with Crippen LogP contribution in [0.3, 0.4) is 0 Å². The summed E-state index contributed by atoms with van der Waals surface area (Å²) in [5.41, 5.74) is 1.20. The number of amides is 3. The van der Waals surface area contributed by atoms with Crippen molar-refractivity contribution in [3.8, 4) is 0 Å². The van der Waals surface area contributed by atoms with Crippen LogP contribution < -0.4 is 15.4 Å². The molecule has 2 rings (SSSR count). The fourth-order valence-corrected chi connectivity index (χ4v) is 2.65. The Morgan fingerprint density at radius 1 is 1.32 bits per heavy atom. The first-order chi connectivity index (χ1) is 10.5. The van der Waals surface area contributed by atoms with Crippen LogP contribution in [0, 0.1) is 6.92 Å². The Hall–Kier alpha value is -1.86. The standard InChI is InChI=1S/C15H19N3O3S/c1-10-2-4-11(5-3-10)22-16-9-8-14(20)17-12-6-7-13(19)18-15(12)21/h2-5,12,16H,6-9H2,1H3,(H,17,20)(H,18,19,21). The number of hydrogen-bond acceptors (Lipinski definition) is 5. The molecule has 1 aromatic rings. The minimum Gasteiger partial charge on any atom is -0.344 e. The Kier molecular flexibility index (Phi) is 5.97. The topological polar surface area (TPSA) is 87.3 Å². The number of carbonyl (C=O) groups is 3. The highest BCUT2D eigenvalue weighted by Crippen LogP contribution is 2.14. The summed E-state index contributed by atoms with van der Waals surface area (Å²) in [7, 11) is 0. The highest BCUT2D eigenvalue weighted by molar-refractivity contribution is 7.97. The largest absolute Gasteiger partial charge is 0.344 e. The average molecular weight is 321 g/mol. The predicted octanol–water partition coefficient (Wildman–Crippen LogP) is 0.903. The molecular formula is C15H19N3O3S. The highest BCUT2D eigenvalue weighted by Gasteiger charge is 2.27. The number of imide groups is 1. The Morgan fingerprint density at radius 2 is 2.05 bits per heavy atom. The molecule has 1 aliphatic heterocycles. The first-order valence-corrected chi connectivity index (χ1v) is 7.95. The van der Waals surface area contributed by atoms with Crippen LogP contribution in [0.15, 0.2) is 29.2 Å². The van der Waals surface area contributed by atoms with Gasteiger partial charge in [0.05, 0.1) is 0 Å². The molecule has 3 N–H and O–H groups in total. The second kappa shape index (κ2) is 7.95. The van der Waals surface area contributed by atoms with Gasteiger partial charge in [0.15, 0.2) is 0 Å². The monoisotopic (exact) mass is 321 g/mol. The quantitative estimate of drug-likeness (QED) is 0.412. The lowest BCUT2D eigenvalue weighted by molar-refractivity contribution is -0.137. The number of aryl methyl sites for hydroxylation is 1. The van der Waals surface area contributed by atoms with Crippen molar-refractivity contribution in [2.75, 3.05) is 6.54 Å². The van der Waals surface area contributed by atoms with Gasteiger partial charge in [0.25, 0.3) is 0 Å². The maximum Gasteiger partial charge on any atom is 0.249 e. The van der Waals surface area contributed by atoms with Gasteiger partial charge in [-0.25, -0.2) is 0 Å². The van der Waals surface area contributed by atoms with E-state index in [1.54, 1.807) is 0 Å². The summed E-state index contributed by atoms with van der Waals surface area (Å²) in [6, 6.07) is 7.47. The lowest BCUT2D eigenvalue weighted by atomic mass is 10.1. The Balaban J connectivity index is 1.64. The van der Waals surface area contributed by atoms with Gasteiger partial charge in [-0.15, -0.1) is 0 Å². The Labute approximate surface area is 133 Å². The van der Waals surface area contributed by atoms with Crippen LogP contribution in [-0.2, 0) is 14.4 Å². The maximum atomic E-state index is 11.8. The van der Waals surface area contributed by atoms with Crippen LogP contribution in [0.1, 0.15) is 24.8 Å². The SMILES string of the molecule is Cc1ccc(SNCCC(=O)NC2CCC(=O)NC2=O)cc1. The van der Waals surface area contributed by atoms with Crippen molar-refractivity contribution in [3.63, 3.8) is 0 Å². The molecule has 1 saturated heterocycles. The number of rotatable bonds is 6. The van der Waals surface area contributed by atoms with Crippen molar-refractivity contribution >= 4 is 29.7 Å². The third-order valence-electron chi connectivity index (χ3n) is 3.24. The molecule has 7 heteroatoms. The van der Waals surface area contributed by atoms with Gasteiger partial charge in [-0.05, 0) is 37.4 Å². The van der Waals surface area contributed by atoms with Crippen molar-refractivity contribution in [2.24, 2.45) is 0 Å². The molecule has 1 atom stereocenters. The molecule has 1 fully saturated rings. The molecule has 3 amide bonds. The molecule has 118 valence electrons. The normalized spacial score (nSPS) is 18.0. The van der Waals surface area contributed by atoms with E-state index in [4.69, 9.17) is 0 Å². The Morgan fingerprint density at radius 3 is 2.73 bits per heavy atom. The second-order valence-electron chi connectivity index (χ2n) is 5.13. The lowest BCUT2D eigenvalue weighted by Gasteiger charge is -2.21. The van der Waals surface area contributed by atoms with Gasteiger partial charge in [0.1, 0.15) is 6.04 Å². The number of benzene rings is 1. The van der Waals surface area contributed by atoms with Gasteiger partial charge < -0.3 is 5.32 Å². The Bertz CT molecular complexity index is 560. The van der Waals surface area contributed by atoms with Crippen LogP contribution >= 0.6 is 11.9 Å². The molecular weight excluding hydrogens is 302 g/mol.